The molecule has 0 bridgehead atoms. The molecule has 0 aliphatic heterocycles. The minimum absolute atomic E-state index is 0.0206. The number of hydrogen-bond donors (Lipinski definition) is 2. The molecule has 1 aromatic heterocycles. The maximum atomic E-state index is 13.3. The molecule has 19 heavy (non-hydrogen) atoms. The summed E-state index contributed by atoms with van der Waals surface area (Å²) in [5.74, 6) is -4.49. The van der Waals surface area contributed by atoms with Gasteiger partial charge in [0.1, 0.15) is 23.0 Å². The van der Waals surface area contributed by atoms with Crippen LogP contribution >= 0.6 is 0 Å². The number of nitrogens with two attached hydrogens (primary N) is 1. The average Bonchev–Trinajstić information content (AvgIpc) is 2.33. The third kappa shape index (κ3) is 2.79. The third-order valence-corrected chi connectivity index (χ3v) is 2.13. The highest BCUT2D eigenvalue weighted by Gasteiger charge is 2.16. The van der Waals surface area contributed by atoms with Gasteiger partial charge in [-0.1, -0.05) is 0 Å². The fourth-order valence-electron chi connectivity index (χ4n) is 1.33. The minimum Gasteiger partial charge on any atom is -0.382 e. The van der Waals surface area contributed by atoms with Gasteiger partial charge in [0.15, 0.2) is 11.6 Å². The van der Waals surface area contributed by atoms with Gasteiger partial charge in [-0.25, -0.2) is 18.2 Å². The Labute approximate surface area is 105 Å². The fraction of sp³-hybridized carbons (Fsp3) is 0. The summed E-state index contributed by atoms with van der Waals surface area (Å²) in [7, 11) is 0. The van der Waals surface area contributed by atoms with Crippen molar-refractivity contribution in [2.24, 2.45) is 0 Å². The lowest BCUT2D eigenvalue weighted by molar-refractivity contribution is 0.102. The van der Waals surface area contributed by atoms with E-state index in [-0.39, 0.29) is 11.5 Å². The number of aromatic nitrogens is 2. The van der Waals surface area contributed by atoms with Crippen molar-refractivity contribution in [3.63, 3.8) is 0 Å². The molecule has 0 atom stereocenters. The number of halogens is 3. The van der Waals surface area contributed by atoms with Crippen molar-refractivity contribution in [1.29, 1.82) is 0 Å². The average molecular weight is 268 g/mol. The van der Waals surface area contributed by atoms with Crippen molar-refractivity contribution in [2.75, 3.05) is 11.1 Å². The van der Waals surface area contributed by atoms with Gasteiger partial charge in [-0.3, -0.25) is 9.78 Å². The monoisotopic (exact) mass is 268 g/mol. The van der Waals surface area contributed by atoms with E-state index in [4.69, 9.17) is 5.73 Å². The highest BCUT2D eigenvalue weighted by Crippen LogP contribution is 2.20. The Morgan fingerprint density at radius 2 is 1.79 bits per heavy atom. The first-order chi connectivity index (χ1) is 8.97. The molecule has 8 heteroatoms. The lowest BCUT2D eigenvalue weighted by Gasteiger charge is -2.07. The Kier molecular flexibility index (Phi) is 3.32. The normalized spacial score (nSPS) is 10.3. The van der Waals surface area contributed by atoms with E-state index in [0.29, 0.717) is 12.1 Å². The molecule has 0 radical (unpaired) electrons. The van der Waals surface area contributed by atoms with Crippen LogP contribution in [0.1, 0.15) is 10.5 Å². The van der Waals surface area contributed by atoms with Gasteiger partial charge in [-0.15, -0.1) is 0 Å². The van der Waals surface area contributed by atoms with Crippen LogP contribution in [-0.4, -0.2) is 15.9 Å². The molecule has 1 amide bonds. The van der Waals surface area contributed by atoms with Crippen molar-refractivity contribution in [2.45, 2.75) is 0 Å². The van der Waals surface area contributed by atoms with Crippen molar-refractivity contribution in [1.82, 2.24) is 9.97 Å². The fourth-order valence-corrected chi connectivity index (χ4v) is 1.33. The number of carbonyl (C=O) groups excluding carboxylic acids is 1. The zero-order chi connectivity index (χ0) is 14.0. The number of nitrogen functional groups attached to an aromatic ring is 1. The predicted octanol–water partition coefficient (Wildman–Crippen LogP) is 1.73. The van der Waals surface area contributed by atoms with E-state index in [2.05, 4.69) is 9.97 Å². The largest absolute Gasteiger partial charge is 0.382 e. The van der Waals surface area contributed by atoms with Gasteiger partial charge in [-0.05, 0) is 0 Å². The number of benzene rings is 1. The summed E-state index contributed by atoms with van der Waals surface area (Å²) in [6.45, 7) is 0. The van der Waals surface area contributed by atoms with Gasteiger partial charge in [0, 0.05) is 12.1 Å². The number of nitrogens with zero attached hydrogens (tertiary/aromatic N) is 2. The first kappa shape index (κ1) is 12.8. The second-order valence-corrected chi connectivity index (χ2v) is 3.53. The molecule has 0 unspecified atom stereocenters. The SMILES string of the molecule is Nc1cncc(C(=O)Nc2c(F)cc(F)cc2F)n1. The molecule has 2 aromatic rings. The molecule has 0 spiro atoms. The Hall–Kier alpha value is -2.64. The Morgan fingerprint density at radius 3 is 2.37 bits per heavy atom. The summed E-state index contributed by atoms with van der Waals surface area (Å²) in [5, 5.41) is 1.94. The van der Waals surface area contributed by atoms with Crippen LogP contribution in [0.3, 0.4) is 0 Å². The van der Waals surface area contributed by atoms with Crippen LogP contribution in [0.15, 0.2) is 24.5 Å². The standard InChI is InChI=1S/C11H7F3N4O/c12-5-1-6(13)10(7(14)2-5)18-11(19)8-3-16-4-9(15)17-8/h1-4H,(H2,15,17)(H,18,19). The van der Waals surface area contributed by atoms with Crippen molar-refractivity contribution >= 4 is 17.4 Å². The molecule has 2 rings (SSSR count). The van der Waals surface area contributed by atoms with Crippen LogP contribution in [0.2, 0.25) is 0 Å². The van der Waals surface area contributed by atoms with E-state index in [0.717, 1.165) is 6.20 Å². The third-order valence-electron chi connectivity index (χ3n) is 2.13. The molecule has 0 aliphatic carbocycles. The summed E-state index contributed by atoms with van der Waals surface area (Å²) in [6, 6.07) is 0.896. The molecular weight excluding hydrogens is 261 g/mol. The summed E-state index contributed by atoms with van der Waals surface area (Å²) in [5.41, 5.74) is 4.33. The molecule has 0 aliphatic rings. The summed E-state index contributed by atoms with van der Waals surface area (Å²) >= 11 is 0. The maximum Gasteiger partial charge on any atom is 0.276 e. The smallest absolute Gasteiger partial charge is 0.276 e. The number of nitrogens with one attached hydrogen (secondary N) is 1. The van der Waals surface area contributed by atoms with E-state index >= 15 is 0 Å². The molecular formula is C11H7F3N4O. The number of hydrogen-bond acceptors (Lipinski definition) is 4. The summed E-state index contributed by atoms with van der Waals surface area (Å²) < 4.78 is 39.3. The summed E-state index contributed by atoms with van der Waals surface area (Å²) in [6.07, 6.45) is 2.28. The molecule has 0 saturated carbocycles. The highest BCUT2D eigenvalue weighted by atomic mass is 19.1. The molecule has 98 valence electrons. The van der Waals surface area contributed by atoms with E-state index < -0.39 is 29.0 Å². The van der Waals surface area contributed by atoms with Crippen molar-refractivity contribution < 1.29 is 18.0 Å². The van der Waals surface area contributed by atoms with Gasteiger partial charge in [-0.2, -0.15) is 0 Å². The van der Waals surface area contributed by atoms with E-state index in [1.807, 2.05) is 5.32 Å². The molecule has 1 heterocycles. The van der Waals surface area contributed by atoms with Crippen LogP contribution < -0.4 is 11.1 Å². The Morgan fingerprint density at radius 1 is 1.16 bits per heavy atom. The van der Waals surface area contributed by atoms with Gasteiger partial charge in [0.2, 0.25) is 0 Å². The zero-order valence-electron chi connectivity index (χ0n) is 9.32. The molecule has 0 saturated heterocycles. The first-order valence-corrected chi connectivity index (χ1v) is 5.01. The Balaban J connectivity index is 2.29. The predicted molar refractivity (Wildman–Crippen MR) is 60.7 cm³/mol. The van der Waals surface area contributed by atoms with Gasteiger partial charge >= 0.3 is 0 Å². The number of anilines is 2. The summed E-state index contributed by atoms with van der Waals surface area (Å²) in [4.78, 5) is 18.9. The highest BCUT2D eigenvalue weighted by molar-refractivity contribution is 6.02. The topological polar surface area (TPSA) is 80.9 Å². The molecule has 3 N–H and O–H groups in total. The van der Waals surface area contributed by atoms with Gasteiger partial charge < -0.3 is 11.1 Å². The number of carbonyl (C=O) groups is 1. The van der Waals surface area contributed by atoms with Gasteiger partial charge in [0.25, 0.3) is 5.91 Å². The molecule has 0 fully saturated rings. The minimum atomic E-state index is -1.23. The second-order valence-electron chi connectivity index (χ2n) is 3.53. The Bertz CT molecular complexity index is 625. The number of rotatable bonds is 2. The number of amides is 1. The molecule has 1 aromatic carbocycles. The second kappa shape index (κ2) is 4.92. The quantitative estimate of drug-likeness (QED) is 0.869. The first-order valence-electron chi connectivity index (χ1n) is 5.01. The van der Waals surface area contributed by atoms with Crippen molar-refractivity contribution in [3.05, 3.63) is 47.7 Å². The molecule has 5 nitrogen and oxygen atoms in total. The van der Waals surface area contributed by atoms with Gasteiger partial charge in [0.05, 0.1) is 12.4 Å². The van der Waals surface area contributed by atoms with Crippen LogP contribution in [0.5, 0.6) is 0 Å². The van der Waals surface area contributed by atoms with Crippen LogP contribution in [0, 0.1) is 17.5 Å². The van der Waals surface area contributed by atoms with E-state index in [1.54, 1.807) is 0 Å². The van der Waals surface area contributed by atoms with E-state index in [9.17, 15) is 18.0 Å². The lowest BCUT2D eigenvalue weighted by atomic mass is 10.2. The zero-order valence-corrected chi connectivity index (χ0v) is 9.32. The van der Waals surface area contributed by atoms with Crippen LogP contribution in [0.4, 0.5) is 24.7 Å². The van der Waals surface area contributed by atoms with Crippen LogP contribution in [0.25, 0.3) is 0 Å². The van der Waals surface area contributed by atoms with E-state index in [1.165, 1.54) is 6.20 Å². The lowest BCUT2D eigenvalue weighted by Crippen LogP contribution is -2.17. The van der Waals surface area contributed by atoms with Crippen molar-refractivity contribution in [3.8, 4) is 0 Å². The van der Waals surface area contributed by atoms with Crippen LogP contribution in [-0.2, 0) is 0 Å². The maximum absolute atomic E-state index is 13.3.